The van der Waals surface area contributed by atoms with Crippen LogP contribution in [0.5, 0.6) is 0 Å². The fraction of sp³-hybridized carbons (Fsp3) is 0. The maximum absolute atomic E-state index is 14.7. The van der Waals surface area contributed by atoms with Crippen molar-refractivity contribution in [1.82, 2.24) is 15.0 Å². The lowest BCUT2D eigenvalue weighted by Gasteiger charge is -2.20. The Labute approximate surface area is 265 Å². The van der Waals surface area contributed by atoms with E-state index in [4.69, 9.17) is 0 Å². The third-order valence-corrected chi connectivity index (χ3v) is 10.8. The molecule has 0 radical (unpaired) electrons. The van der Waals surface area contributed by atoms with Crippen LogP contribution in [0.15, 0.2) is 158 Å². The Kier molecular flexibility index (Phi) is 7.88. The largest absolute Gasteiger partial charge is 0.309 e. The summed E-state index contributed by atoms with van der Waals surface area (Å²) in [5.41, 5.74) is 3.60. The first-order valence-corrected chi connectivity index (χ1v) is 16.4. The van der Waals surface area contributed by atoms with E-state index in [9.17, 15) is 13.3 Å². The molecule has 0 amide bonds. The quantitative estimate of drug-likeness (QED) is 0.168. The molecule has 0 bridgehead atoms. The molecule has 0 aliphatic heterocycles. The normalized spacial score (nSPS) is 11.3. The maximum Gasteiger partial charge on any atom is 0.171 e. The van der Waals surface area contributed by atoms with Gasteiger partial charge in [0.1, 0.15) is 11.6 Å². The molecule has 222 valence electrons. The number of benzene rings is 6. The van der Waals surface area contributed by atoms with Crippen molar-refractivity contribution in [2.75, 3.05) is 0 Å². The minimum Gasteiger partial charge on any atom is -0.309 e. The summed E-state index contributed by atoms with van der Waals surface area (Å²) < 4.78 is 42.9. The van der Waals surface area contributed by atoms with E-state index >= 15 is 0 Å². The van der Waals surface area contributed by atoms with Gasteiger partial charge in [-0.1, -0.05) is 133 Å². The second-order valence-corrected chi connectivity index (χ2v) is 13.5. The van der Waals surface area contributed by atoms with E-state index in [-0.39, 0.29) is 11.6 Å². The number of hydrogen-bond donors (Lipinski definition) is 0. The molecule has 0 spiro atoms. The molecule has 46 heavy (non-hydrogen) atoms. The summed E-state index contributed by atoms with van der Waals surface area (Å²) in [5, 5.41) is 2.32. The Bertz CT molecular complexity index is 2080. The van der Waals surface area contributed by atoms with Gasteiger partial charge in [0.05, 0.1) is 0 Å². The molecular weight excluding hydrogens is 595 g/mol. The molecule has 0 saturated heterocycles. The van der Waals surface area contributed by atoms with Crippen LogP contribution in [0.25, 0.3) is 45.3 Å². The molecule has 7 aromatic rings. The first kappa shape index (κ1) is 29.1. The average molecular weight is 622 g/mol. The van der Waals surface area contributed by atoms with Crippen LogP contribution in [0.4, 0.5) is 8.78 Å². The Balaban J connectivity index is 1.24. The van der Waals surface area contributed by atoms with Crippen LogP contribution >= 0.6 is 7.14 Å². The first-order chi connectivity index (χ1) is 22.5. The van der Waals surface area contributed by atoms with Crippen molar-refractivity contribution in [3.8, 4) is 45.3 Å². The molecule has 7 rings (SSSR count). The van der Waals surface area contributed by atoms with E-state index in [2.05, 4.69) is 15.0 Å². The van der Waals surface area contributed by atoms with E-state index in [1.165, 1.54) is 24.3 Å². The zero-order valence-electron chi connectivity index (χ0n) is 24.5. The highest BCUT2D eigenvalue weighted by Gasteiger charge is 2.29. The van der Waals surface area contributed by atoms with Crippen LogP contribution in [0.3, 0.4) is 0 Å². The third kappa shape index (κ3) is 5.79. The van der Waals surface area contributed by atoms with Gasteiger partial charge < -0.3 is 4.57 Å². The van der Waals surface area contributed by atoms with Gasteiger partial charge in [0.2, 0.25) is 0 Å². The van der Waals surface area contributed by atoms with Gasteiger partial charge in [0.25, 0.3) is 0 Å². The van der Waals surface area contributed by atoms with Crippen LogP contribution in [0.2, 0.25) is 0 Å². The standard InChI is InChI=1S/C39H26F2N3OP/c40-32-11-7-9-30(25-32)38-42-37(43-39(44-38)31-10-8-12-33(41)26-31)29-19-17-27(18-20-29)28-21-23-36(24-22-28)46(45,34-13-3-1-4-14-34)35-15-5-2-6-16-35/h1-26H. The van der Waals surface area contributed by atoms with Crippen LogP contribution in [-0.4, -0.2) is 15.0 Å². The van der Waals surface area contributed by atoms with Crippen LogP contribution in [0.1, 0.15) is 0 Å². The van der Waals surface area contributed by atoms with Crippen molar-refractivity contribution >= 4 is 23.1 Å². The monoisotopic (exact) mass is 621 g/mol. The van der Waals surface area contributed by atoms with E-state index in [0.717, 1.165) is 32.6 Å². The fourth-order valence-corrected chi connectivity index (χ4v) is 8.06. The van der Waals surface area contributed by atoms with Crippen LogP contribution in [0, 0.1) is 11.6 Å². The van der Waals surface area contributed by atoms with Gasteiger partial charge >= 0.3 is 0 Å². The van der Waals surface area contributed by atoms with E-state index in [0.29, 0.717) is 17.0 Å². The molecule has 1 heterocycles. The molecule has 4 nitrogen and oxygen atoms in total. The Morgan fingerprint density at radius 1 is 0.370 bits per heavy atom. The lowest BCUT2D eigenvalue weighted by molar-refractivity contribution is 0.592. The predicted octanol–water partition coefficient (Wildman–Crippen LogP) is 8.46. The second kappa shape index (κ2) is 12.4. The van der Waals surface area contributed by atoms with Gasteiger partial charge in [-0.15, -0.1) is 0 Å². The molecule has 0 atom stereocenters. The number of rotatable bonds is 7. The fourth-order valence-electron chi connectivity index (χ4n) is 5.42. The molecule has 0 saturated carbocycles. The topological polar surface area (TPSA) is 55.7 Å². The summed E-state index contributed by atoms with van der Waals surface area (Å²) in [5.74, 6) is 0.119. The highest BCUT2D eigenvalue weighted by Crippen LogP contribution is 2.42. The van der Waals surface area contributed by atoms with Crippen molar-refractivity contribution < 1.29 is 13.3 Å². The number of aromatic nitrogens is 3. The Morgan fingerprint density at radius 3 is 1.17 bits per heavy atom. The first-order valence-electron chi connectivity index (χ1n) is 14.7. The summed E-state index contributed by atoms with van der Waals surface area (Å²) in [6, 6.07) is 46.8. The van der Waals surface area contributed by atoms with E-state index in [1.807, 2.05) is 109 Å². The highest BCUT2D eigenvalue weighted by atomic mass is 31.2. The highest BCUT2D eigenvalue weighted by molar-refractivity contribution is 7.85. The molecule has 0 N–H and O–H groups in total. The Hall–Kier alpha value is -5.58. The van der Waals surface area contributed by atoms with Crippen molar-refractivity contribution in [1.29, 1.82) is 0 Å². The molecular formula is C39H26F2N3OP. The minimum atomic E-state index is -3.07. The predicted molar refractivity (Wildman–Crippen MR) is 181 cm³/mol. The number of halogens is 2. The number of nitrogens with zero attached hydrogens (tertiary/aromatic N) is 3. The molecule has 1 aromatic heterocycles. The average Bonchev–Trinajstić information content (AvgIpc) is 3.12. The van der Waals surface area contributed by atoms with Gasteiger partial charge in [-0.05, 0) is 35.4 Å². The lowest BCUT2D eigenvalue weighted by atomic mass is 10.0. The molecule has 0 aliphatic rings. The summed E-state index contributed by atoms with van der Waals surface area (Å²) in [7, 11) is -3.07. The zero-order chi connectivity index (χ0) is 31.5. The van der Waals surface area contributed by atoms with E-state index in [1.54, 1.807) is 24.3 Å². The van der Waals surface area contributed by atoms with Gasteiger partial charge in [0.15, 0.2) is 24.6 Å². The third-order valence-electron chi connectivity index (χ3n) is 7.75. The van der Waals surface area contributed by atoms with Crippen molar-refractivity contribution in [3.63, 3.8) is 0 Å². The molecule has 0 fully saturated rings. The van der Waals surface area contributed by atoms with Crippen LogP contribution in [-0.2, 0) is 4.57 Å². The summed E-state index contributed by atoms with van der Waals surface area (Å²) >= 11 is 0. The Morgan fingerprint density at radius 2 is 0.739 bits per heavy atom. The molecule has 0 unspecified atom stereocenters. The minimum absolute atomic E-state index is 0.282. The summed E-state index contributed by atoms with van der Waals surface area (Å²) in [6.07, 6.45) is 0. The van der Waals surface area contributed by atoms with Crippen LogP contribution < -0.4 is 15.9 Å². The summed E-state index contributed by atoms with van der Waals surface area (Å²) in [6.45, 7) is 0. The lowest BCUT2D eigenvalue weighted by Crippen LogP contribution is -2.24. The van der Waals surface area contributed by atoms with Crippen molar-refractivity contribution in [2.45, 2.75) is 0 Å². The van der Waals surface area contributed by atoms with E-state index < -0.39 is 18.8 Å². The maximum atomic E-state index is 14.7. The smallest absolute Gasteiger partial charge is 0.171 e. The molecule has 7 heteroatoms. The summed E-state index contributed by atoms with van der Waals surface area (Å²) in [4.78, 5) is 13.8. The van der Waals surface area contributed by atoms with Crippen molar-refractivity contribution in [2.24, 2.45) is 0 Å². The van der Waals surface area contributed by atoms with Gasteiger partial charge in [0, 0.05) is 32.6 Å². The van der Waals surface area contributed by atoms with Gasteiger partial charge in [-0.2, -0.15) is 0 Å². The second-order valence-electron chi connectivity index (χ2n) is 10.7. The molecule has 0 aliphatic carbocycles. The SMILES string of the molecule is O=P(c1ccccc1)(c1ccccc1)c1ccc(-c2ccc(-c3nc(-c4cccc(F)c4)nc(-c4cccc(F)c4)n3)cc2)cc1. The zero-order valence-corrected chi connectivity index (χ0v) is 25.4. The number of hydrogen-bond acceptors (Lipinski definition) is 4. The van der Waals surface area contributed by atoms with Gasteiger partial charge in [-0.3, -0.25) is 0 Å². The van der Waals surface area contributed by atoms with Crippen molar-refractivity contribution in [3.05, 3.63) is 169 Å². The van der Waals surface area contributed by atoms with Gasteiger partial charge in [-0.25, -0.2) is 23.7 Å². The molecule has 6 aromatic carbocycles.